The van der Waals surface area contributed by atoms with Crippen LogP contribution >= 0.6 is 0 Å². The van der Waals surface area contributed by atoms with E-state index in [2.05, 4.69) is 0 Å². The molecule has 1 N–H and O–H groups in total. The van der Waals surface area contributed by atoms with Crippen LogP contribution in [0.4, 0.5) is 0 Å². The number of rotatable bonds is 2. The van der Waals surface area contributed by atoms with Crippen molar-refractivity contribution in [3.05, 3.63) is 58.7 Å². The number of fused-ring (bicyclic) bond motifs is 2. The molecular weight excluding hydrogens is 280 g/mol. The molecule has 4 heteroatoms. The maximum Gasteiger partial charge on any atom is 0.310 e. The van der Waals surface area contributed by atoms with Gasteiger partial charge >= 0.3 is 5.97 Å². The van der Waals surface area contributed by atoms with Crippen LogP contribution in [0.2, 0.25) is 0 Å². The van der Waals surface area contributed by atoms with Crippen LogP contribution in [0.25, 0.3) is 0 Å². The molecular formula is C18H16O4. The van der Waals surface area contributed by atoms with Crippen LogP contribution in [-0.4, -0.2) is 16.9 Å². The van der Waals surface area contributed by atoms with Crippen molar-refractivity contribution in [1.29, 1.82) is 0 Å². The van der Waals surface area contributed by atoms with Gasteiger partial charge in [-0.3, -0.25) is 9.59 Å². The number of hydrogen-bond donors (Lipinski definition) is 1. The van der Waals surface area contributed by atoms with Gasteiger partial charge < -0.3 is 9.84 Å². The van der Waals surface area contributed by atoms with Gasteiger partial charge in [-0.25, -0.2) is 0 Å². The first kappa shape index (κ1) is 14.3. The van der Waals surface area contributed by atoms with Gasteiger partial charge in [0.1, 0.15) is 11.5 Å². The number of ether oxygens (including phenoxy) is 1. The van der Waals surface area contributed by atoms with Gasteiger partial charge in [0.15, 0.2) is 5.78 Å². The summed E-state index contributed by atoms with van der Waals surface area (Å²) in [6, 6.07) is 10.8. The molecule has 112 valence electrons. The van der Waals surface area contributed by atoms with E-state index in [1.807, 2.05) is 25.1 Å². The topological polar surface area (TPSA) is 63.6 Å². The zero-order valence-electron chi connectivity index (χ0n) is 12.4. The highest BCUT2D eigenvalue weighted by atomic mass is 16.5. The summed E-state index contributed by atoms with van der Waals surface area (Å²) in [4.78, 5) is 23.6. The first-order chi connectivity index (χ1) is 10.5. The standard InChI is InChI=1S/C18H16O4/c1-10-3-5-16-13(7-10)9-15(19)14-8-12(11(2)18(20)21)4-6-17(14)22-16/h3-8,11H,9H2,1-2H3,(H,20,21)/t11-/m0/s1. The predicted molar refractivity (Wildman–Crippen MR) is 81.8 cm³/mol. The number of carboxylic acid groups (broad SMARTS) is 1. The first-order valence-corrected chi connectivity index (χ1v) is 7.13. The fourth-order valence-corrected chi connectivity index (χ4v) is 2.60. The molecule has 22 heavy (non-hydrogen) atoms. The average Bonchev–Trinajstić information content (AvgIpc) is 2.62. The second-order valence-electron chi connectivity index (χ2n) is 5.63. The molecule has 0 bridgehead atoms. The van der Waals surface area contributed by atoms with Gasteiger partial charge in [-0.2, -0.15) is 0 Å². The number of ketones is 1. The van der Waals surface area contributed by atoms with E-state index < -0.39 is 11.9 Å². The lowest BCUT2D eigenvalue weighted by Gasteiger charge is -2.11. The molecule has 0 unspecified atom stereocenters. The molecule has 1 aliphatic heterocycles. The van der Waals surface area contributed by atoms with E-state index in [1.165, 1.54) is 0 Å². The third-order valence-corrected chi connectivity index (χ3v) is 3.96. The average molecular weight is 296 g/mol. The van der Waals surface area contributed by atoms with Crippen LogP contribution in [0.15, 0.2) is 36.4 Å². The van der Waals surface area contributed by atoms with Crippen molar-refractivity contribution >= 4 is 11.8 Å². The lowest BCUT2D eigenvalue weighted by molar-refractivity contribution is -0.138. The summed E-state index contributed by atoms with van der Waals surface area (Å²) in [6.07, 6.45) is 0.259. The van der Waals surface area contributed by atoms with E-state index >= 15 is 0 Å². The van der Waals surface area contributed by atoms with E-state index in [0.29, 0.717) is 22.6 Å². The van der Waals surface area contributed by atoms with E-state index in [1.54, 1.807) is 25.1 Å². The summed E-state index contributed by atoms with van der Waals surface area (Å²) in [5, 5.41) is 9.12. The number of aryl methyl sites for hydroxylation is 1. The van der Waals surface area contributed by atoms with Crippen LogP contribution in [0.3, 0.4) is 0 Å². The molecule has 1 heterocycles. The number of carboxylic acids is 1. The highest BCUT2D eigenvalue weighted by Crippen LogP contribution is 2.35. The van der Waals surface area contributed by atoms with E-state index in [9.17, 15) is 9.59 Å². The van der Waals surface area contributed by atoms with Crippen molar-refractivity contribution < 1.29 is 19.4 Å². The molecule has 0 aromatic heterocycles. The highest BCUT2D eigenvalue weighted by Gasteiger charge is 2.23. The van der Waals surface area contributed by atoms with E-state index in [-0.39, 0.29) is 12.2 Å². The van der Waals surface area contributed by atoms with Crippen molar-refractivity contribution in [1.82, 2.24) is 0 Å². The van der Waals surface area contributed by atoms with Gasteiger partial charge in [0.25, 0.3) is 0 Å². The van der Waals surface area contributed by atoms with Gasteiger partial charge in [-0.1, -0.05) is 23.8 Å². The molecule has 0 aliphatic carbocycles. The smallest absolute Gasteiger partial charge is 0.310 e. The molecule has 0 radical (unpaired) electrons. The van der Waals surface area contributed by atoms with Crippen LogP contribution in [0.1, 0.15) is 39.9 Å². The fourth-order valence-electron chi connectivity index (χ4n) is 2.60. The number of Topliss-reactive ketones (excluding diaryl/α,β-unsaturated/α-hetero) is 1. The number of benzene rings is 2. The zero-order valence-corrected chi connectivity index (χ0v) is 12.4. The van der Waals surface area contributed by atoms with E-state index in [0.717, 1.165) is 11.1 Å². The van der Waals surface area contributed by atoms with Crippen molar-refractivity contribution in [2.45, 2.75) is 26.2 Å². The largest absolute Gasteiger partial charge is 0.481 e. The van der Waals surface area contributed by atoms with E-state index in [4.69, 9.17) is 9.84 Å². The Morgan fingerprint density at radius 2 is 1.91 bits per heavy atom. The Labute approximate surface area is 128 Å². The van der Waals surface area contributed by atoms with Crippen LogP contribution < -0.4 is 4.74 Å². The maximum absolute atomic E-state index is 12.5. The monoisotopic (exact) mass is 296 g/mol. The minimum absolute atomic E-state index is 0.0567. The summed E-state index contributed by atoms with van der Waals surface area (Å²) < 4.78 is 5.85. The van der Waals surface area contributed by atoms with Crippen LogP contribution in [-0.2, 0) is 11.2 Å². The normalized spacial score (nSPS) is 14.4. The predicted octanol–water partition coefficient (Wildman–Crippen LogP) is 3.71. The third-order valence-electron chi connectivity index (χ3n) is 3.96. The van der Waals surface area contributed by atoms with Crippen molar-refractivity contribution in [2.75, 3.05) is 0 Å². The summed E-state index contributed by atoms with van der Waals surface area (Å²) in [7, 11) is 0. The molecule has 0 saturated heterocycles. The molecule has 0 amide bonds. The number of aliphatic carboxylic acids is 1. The van der Waals surface area contributed by atoms with Gasteiger partial charge in [0, 0.05) is 12.0 Å². The molecule has 2 aromatic rings. The summed E-state index contributed by atoms with van der Waals surface area (Å²) in [5.41, 5.74) is 2.97. The lowest BCUT2D eigenvalue weighted by atomic mass is 9.95. The maximum atomic E-state index is 12.5. The van der Waals surface area contributed by atoms with Gasteiger partial charge in [0.2, 0.25) is 0 Å². The Bertz CT molecular complexity index is 777. The molecule has 0 spiro atoms. The summed E-state index contributed by atoms with van der Waals surface area (Å²) >= 11 is 0. The lowest BCUT2D eigenvalue weighted by Crippen LogP contribution is -2.09. The van der Waals surface area contributed by atoms with Gasteiger partial charge in [-0.15, -0.1) is 0 Å². The van der Waals surface area contributed by atoms with Crippen molar-refractivity contribution in [3.63, 3.8) is 0 Å². The Morgan fingerprint density at radius 3 is 2.64 bits per heavy atom. The molecule has 4 nitrogen and oxygen atoms in total. The Kier molecular flexibility index (Phi) is 3.45. The number of carbonyl (C=O) groups excluding carboxylic acids is 1. The van der Waals surface area contributed by atoms with Gasteiger partial charge in [-0.05, 0) is 37.6 Å². The second-order valence-corrected chi connectivity index (χ2v) is 5.63. The number of carbonyl (C=O) groups is 2. The van der Waals surface area contributed by atoms with Crippen molar-refractivity contribution in [3.8, 4) is 11.5 Å². The molecule has 3 rings (SSSR count). The molecule has 1 aliphatic rings. The molecule has 0 saturated carbocycles. The minimum atomic E-state index is -0.916. The molecule has 2 aromatic carbocycles. The van der Waals surface area contributed by atoms with Crippen LogP contribution in [0.5, 0.6) is 11.5 Å². The minimum Gasteiger partial charge on any atom is -0.481 e. The Hall–Kier alpha value is -2.62. The highest BCUT2D eigenvalue weighted by molar-refractivity contribution is 6.01. The molecule has 1 atom stereocenters. The van der Waals surface area contributed by atoms with Crippen LogP contribution in [0, 0.1) is 6.92 Å². The SMILES string of the molecule is Cc1ccc2c(c1)CC(=O)c1cc([C@H](C)C(=O)O)ccc1O2. The second kappa shape index (κ2) is 5.30. The summed E-state index contributed by atoms with van der Waals surface area (Å²) in [6.45, 7) is 3.57. The summed E-state index contributed by atoms with van der Waals surface area (Å²) in [5.74, 6) is -0.476. The molecule has 0 fully saturated rings. The van der Waals surface area contributed by atoms with Gasteiger partial charge in [0.05, 0.1) is 11.5 Å². The quantitative estimate of drug-likeness (QED) is 0.917. The number of hydrogen-bond acceptors (Lipinski definition) is 3. The Balaban J connectivity index is 2.06. The first-order valence-electron chi connectivity index (χ1n) is 7.13. The fraction of sp³-hybridized carbons (Fsp3) is 0.222. The van der Waals surface area contributed by atoms with Crippen molar-refractivity contribution in [2.24, 2.45) is 0 Å². The Morgan fingerprint density at radius 1 is 1.18 bits per heavy atom. The third kappa shape index (κ3) is 2.48. The zero-order chi connectivity index (χ0) is 15.9.